The Bertz CT molecular complexity index is 4480. The summed E-state index contributed by atoms with van der Waals surface area (Å²) in [5.41, 5.74) is 3.12. The Morgan fingerprint density at radius 2 is 1.00 bits per heavy atom. The Hall–Kier alpha value is -8.20. The van der Waals surface area contributed by atoms with Gasteiger partial charge in [-0.2, -0.15) is 0 Å². The van der Waals surface area contributed by atoms with Crippen LogP contribution in [0.15, 0.2) is 253 Å². The van der Waals surface area contributed by atoms with Gasteiger partial charge in [0.2, 0.25) is 0 Å². The molecule has 12 rings (SSSR count). The van der Waals surface area contributed by atoms with Crippen LogP contribution in [0.5, 0.6) is 0 Å². The monoisotopic (exact) mass is 822 g/mol. The summed E-state index contributed by atoms with van der Waals surface area (Å²) in [6.45, 7) is 0. The van der Waals surface area contributed by atoms with Crippen molar-refractivity contribution in [3.05, 3.63) is 271 Å². The molecule has 0 spiro atoms. The Kier molecular flexibility index (Phi) is 5.27. The highest BCUT2D eigenvalue weighted by atomic mass is 16.3. The molecule has 296 valence electrons. The molecule has 1 aliphatic rings. The van der Waals surface area contributed by atoms with Crippen molar-refractivity contribution < 1.29 is 30.5 Å². The summed E-state index contributed by atoms with van der Waals surface area (Å²) in [5, 5.41) is 0.725. The van der Waals surface area contributed by atoms with Crippen LogP contribution in [0.1, 0.15) is 48.3 Å². The summed E-state index contributed by atoms with van der Waals surface area (Å²) in [4.78, 5) is 1.52. The van der Waals surface area contributed by atoms with Crippen LogP contribution in [0.25, 0.3) is 66.4 Å². The maximum atomic E-state index is 9.93. The first-order valence-corrected chi connectivity index (χ1v) is 20.1. The molecule has 0 radical (unpaired) electrons. The lowest BCUT2D eigenvalue weighted by Crippen LogP contribution is -2.29. The molecule has 1 atom stereocenters. The van der Waals surface area contributed by atoms with Gasteiger partial charge in [-0.15, -0.1) is 0 Å². The van der Waals surface area contributed by atoms with E-state index in [0.29, 0.717) is 44.2 Å². The van der Waals surface area contributed by atoms with E-state index in [-0.39, 0.29) is 51.4 Å². The average molecular weight is 823 g/mol. The summed E-state index contributed by atoms with van der Waals surface area (Å²) in [7, 11) is 0. The minimum atomic E-state index is -1.26. The van der Waals surface area contributed by atoms with Crippen LogP contribution in [0.4, 0.5) is 17.1 Å². The zero-order valence-corrected chi connectivity index (χ0v) is 33.1. The molecule has 0 saturated carbocycles. The fourth-order valence-corrected chi connectivity index (χ4v) is 9.13. The van der Waals surface area contributed by atoms with Crippen LogP contribution in [0, 0.1) is 0 Å². The molecule has 11 aromatic rings. The molecule has 1 unspecified atom stereocenters. The number of fused-ring (bicyclic) bond motifs is 6. The van der Waals surface area contributed by atoms with Crippen molar-refractivity contribution in [2.75, 3.05) is 4.90 Å². The number of nitrogens with zero attached hydrogens (tertiary/aromatic N) is 1. The lowest BCUT2D eigenvalue weighted by Gasteiger charge is -2.35. The smallest absolute Gasteiger partial charge is 0.137 e. The van der Waals surface area contributed by atoms with E-state index in [1.54, 1.807) is 60.7 Å². The molecular formula is C61H41NO. The molecule has 0 bridgehead atoms. The van der Waals surface area contributed by atoms with Crippen molar-refractivity contribution in [2.24, 2.45) is 0 Å². The summed E-state index contributed by atoms with van der Waals surface area (Å²) < 4.78 is 175. The summed E-state index contributed by atoms with van der Waals surface area (Å²) in [5.74, 6) is 0. The molecule has 1 aliphatic carbocycles. The van der Waals surface area contributed by atoms with Crippen molar-refractivity contribution >= 4 is 39.0 Å². The second-order valence-corrected chi connectivity index (χ2v) is 15.0. The molecule has 0 N–H and O–H groups in total. The number of hydrogen-bond acceptors (Lipinski definition) is 2. The van der Waals surface area contributed by atoms with Crippen LogP contribution in [-0.2, 0) is 5.41 Å². The second-order valence-electron chi connectivity index (χ2n) is 15.0. The van der Waals surface area contributed by atoms with E-state index in [1.165, 1.54) is 4.90 Å². The maximum absolute atomic E-state index is 9.93. The molecule has 1 heterocycles. The third-order valence-electron chi connectivity index (χ3n) is 11.7. The topological polar surface area (TPSA) is 16.4 Å². The van der Waals surface area contributed by atoms with Gasteiger partial charge in [0.15, 0.2) is 0 Å². The first kappa shape index (κ1) is 22.1. The number of anilines is 3. The van der Waals surface area contributed by atoms with E-state index >= 15 is 0 Å². The minimum Gasteiger partial charge on any atom is -0.456 e. The van der Waals surface area contributed by atoms with Crippen molar-refractivity contribution in [1.82, 2.24) is 0 Å². The lowest BCUT2D eigenvalue weighted by molar-refractivity contribution is 0.669. The molecule has 63 heavy (non-hydrogen) atoms. The Morgan fingerprint density at radius 3 is 1.76 bits per heavy atom. The summed E-state index contributed by atoms with van der Waals surface area (Å²) in [6, 6.07) is 28.4. The van der Waals surface area contributed by atoms with Gasteiger partial charge in [-0.1, -0.05) is 200 Å². The highest BCUT2D eigenvalue weighted by Gasteiger charge is 2.47. The van der Waals surface area contributed by atoms with Gasteiger partial charge in [-0.3, -0.25) is 0 Å². The lowest BCUT2D eigenvalue weighted by atomic mass is 9.67. The minimum absolute atomic E-state index is 0.00649. The number of hydrogen-bond donors (Lipinski definition) is 0. The zero-order valence-electron chi connectivity index (χ0n) is 52.1. The second kappa shape index (κ2) is 15.1. The van der Waals surface area contributed by atoms with E-state index in [0.717, 1.165) is 11.1 Å². The molecular weight excluding hydrogens is 763 g/mol. The third kappa shape index (κ3) is 5.95. The van der Waals surface area contributed by atoms with Crippen LogP contribution < -0.4 is 4.90 Å². The van der Waals surface area contributed by atoms with Gasteiger partial charge in [0.25, 0.3) is 0 Å². The van der Waals surface area contributed by atoms with Crippen molar-refractivity contribution in [3.8, 4) is 44.5 Å². The Labute approximate surface area is 394 Å². The molecule has 0 amide bonds. The Balaban J connectivity index is 1.19. The molecule has 1 aromatic heterocycles. The van der Waals surface area contributed by atoms with Gasteiger partial charge in [-0.25, -0.2) is 0 Å². The molecule has 0 saturated heterocycles. The largest absolute Gasteiger partial charge is 0.456 e. The summed E-state index contributed by atoms with van der Waals surface area (Å²) in [6.07, 6.45) is 0. The first-order chi connectivity index (χ1) is 39.1. The van der Waals surface area contributed by atoms with Crippen molar-refractivity contribution in [2.45, 2.75) is 5.41 Å². The van der Waals surface area contributed by atoms with E-state index in [1.807, 2.05) is 72.8 Å². The number of furan rings is 1. The van der Waals surface area contributed by atoms with E-state index in [9.17, 15) is 5.48 Å². The van der Waals surface area contributed by atoms with Crippen LogP contribution in [0.2, 0.25) is 0 Å². The third-order valence-corrected chi connectivity index (χ3v) is 11.7. The molecule has 2 heteroatoms. The normalized spacial score (nSPS) is 18.3. The summed E-state index contributed by atoms with van der Waals surface area (Å²) >= 11 is 0. The molecule has 0 fully saturated rings. The number of benzene rings is 10. The van der Waals surface area contributed by atoms with E-state index < -0.39 is 119 Å². The molecule has 2 nitrogen and oxygen atoms in total. The van der Waals surface area contributed by atoms with Crippen molar-refractivity contribution in [3.63, 3.8) is 0 Å². The van der Waals surface area contributed by atoms with Gasteiger partial charge in [0.05, 0.1) is 42.5 Å². The van der Waals surface area contributed by atoms with Gasteiger partial charge in [-0.05, 0) is 115 Å². The van der Waals surface area contributed by atoms with Gasteiger partial charge in [0.1, 0.15) is 11.2 Å². The first-order valence-electron chi connectivity index (χ1n) is 29.6. The zero-order chi connectivity index (χ0) is 58.3. The fraction of sp³-hybridized carbons (Fsp3) is 0.0164. The van der Waals surface area contributed by atoms with Gasteiger partial charge >= 0.3 is 0 Å². The SMILES string of the molecule is [2H]c1c([2H])c([2H])c(-c2ccc3oc4cccc(N(c5cccc(C6(c7ccccc7)c7ccccc7-c7c(-c8c([2H])c([2H])c([2H])c([2H])c8[2H])cccc76)c5)c5c([2H])c([2H])c(-c6c([2H])c([2H])c([2H])c([2H])c6[2H])c([2H])c5[2H])c4c3c2)c([2H])c1[2H]. The standard InChI is InChI=1S/C61H41NO/c1-5-18-42(19-6-1)44-34-37-49(38-35-44)62(56-32-17-33-58-60(56)53-40-46(36-39-57(53)63-58)43-20-7-2-8-21-43)50-27-15-26-48(41-50)61(47-24-11-4-12-25-47)54-30-14-13-28-52(54)59-51(29-16-31-55(59)61)45-22-9-3-10-23-45/h1-41H/i1D,2D,3D,5D,6D,7D,8D,9D,10D,18D,19D,20D,21D,22D,23D,34D,35D,37D,38D. The van der Waals surface area contributed by atoms with Crippen LogP contribution in [0.3, 0.4) is 0 Å². The predicted molar refractivity (Wildman–Crippen MR) is 262 cm³/mol. The Morgan fingerprint density at radius 1 is 0.397 bits per heavy atom. The average Bonchev–Trinajstić information content (AvgIpc) is 3.31. The maximum Gasteiger partial charge on any atom is 0.137 e. The highest BCUT2D eigenvalue weighted by Crippen LogP contribution is 2.59. The quantitative estimate of drug-likeness (QED) is 0.152. The van der Waals surface area contributed by atoms with Crippen LogP contribution in [-0.4, -0.2) is 0 Å². The van der Waals surface area contributed by atoms with Crippen molar-refractivity contribution in [1.29, 1.82) is 0 Å². The van der Waals surface area contributed by atoms with Crippen LogP contribution >= 0.6 is 0 Å². The van der Waals surface area contributed by atoms with Gasteiger partial charge < -0.3 is 9.32 Å². The predicted octanol–water partition coefficient (Wildman–Crippen LogP) is 16.4. The molecule has 0 aliphatic heterocycles. The van der Waals surface area contributed by atoms with Gasteiger partial charge in [0, 0.05) is 16.8 Å². The molecule has 10 aromatic carbocycles. The van der Waals surface area contributed by atoms with E-state index in [4.69, 9.17) is 25.0 Å². The van der Waals surface area contributed by atoms with E-state index in [2.05, 4.69) is 0 Å². The number of rotatable bonds is 8. The highest BCUT2D eigenvalue weighted by molar-refractivity contribution is 6.14. The fourth-order valence-electron chi connectivity index (χ4n) is 9.13.